The van der Waals surface area contributed by atoms with E-state index < -0.39 is 5.60 Å². The quantitative estimate of drug-likeness (QED) is 0.826. The van der Waals surface area contributed by atoms with Crippen LogP contribution in [0.5, 0.6) is 0 Å². The number of hydrogen-bond acceptors (Lipinski definition) is 3. The fourth-order valence-electron chi connectivity index (χ4n) is 4.70. The predicted molar refractivity (Wildman–Crippen MR) is 92.4 cm³/mol. The number of hydrogen-bond donors (Lipinski definition) is 2. The van der Waals surface area contributed by atoms with Crippen LogP contribution >= 0.6 is 0 Å². The van der Waals surface area contributed by atoms with Crippen molar-refractivity contribution < 1.29 is 9.53 Å². The molecule has 0 bridgehead atoms. The summed E-state index contributed by atoms with van der Waals surface area (Å²) in [6.07, 6.45) is 11.8. The maximum atomic E-state index is 11.8. The number of carbonyl (C=O) groups excluding carboxylic acids is 1. The van der Waals surface area contributed by atoms with Crippen LogP contribution in [-0.2, 0) is 4.74 Å². The zero-order valence-corrected chi connectivity index (χ0v) is 15.1. The van der Waals surface area contributed by atoms with Crippen molar-refractivity contribution in [2.24, 2.45) is 11.8 Å². The first-order valence-electron chi connectivity index (χ1n) is 9.64. The SMILES string of the molecule is CC(C)(C)OC(=O)NC1CC(NC2CCC3CCCCC3C2)C1. The fraction of sp³-hybridized carbons (Fsp3) is 0.947. The van der Waals surface area contributed by atoms with Crippen molar-refractivity contribution in [2.75, 3.05) is 0 Å². The molecule has 1 amide bonds. The average Bonchev–Trinajstić information content (AvgIpc) is 2.43. The summed E-state index contributed by atoms with van der Waals surface area (Å²) in [5.74, 6) is 2.00. The van der Waals surface area contributed by atoms with Crippen molar-refractivity contribution in [3.05, 3.63) is 0 Å². The summed E-state index contributed by atoms with van der Waals surface area (Å²) < 4.78 is 5.32. The third-order valence-corrected chi connectivity index (χ3v) is 5.87. The van der Waals surface area contributed by atoms with Gasteiger partial charge in [-0.1, -0.05) is 25.7 Å². The van der Waals surface area contributed by atoms with E-state index in [0.717, 1.165) is 24.7 Å². The van der Waals surface area contributed by atoms with E-state index in [-0.39, 0.29) is 12.1 Å². The van der Waals surface area contributed by atoms with Gasteiger partial charge in [-0.25, -0.2) is 4.79 Å². The molecule has 132 valence electrons. The van der Waals surface area contributed by atoms with Crippen LogP contribution in [-0.4, -0.2) is 29.8 Å². The van der Waals surface area contributed by atoms with Gasteiger partial charge in [-0.3, -0.25) is 0 Å². The van der Waals surface area contributed by atoms with Gasteiger partial charge in [0.25, 0.3) is 0 Å². The van der Waals surface area contributed by atoms with Crippen molar-refractivity contribution in [3.63, 3.8) is 0 Å². The lowest BCUT2D eigenvalue weighted by atomic mass is 9.69. The number of amides is 1. The highest BCUT2D eigenvalue weighted by Crippen LogP contribution is 2.40. The second-order valence-electron chi connectivity index (χ2n) is 8.99. The van der Waals surface area contributed by atoms with Crippen LogP contribution in [0.3, 0.4) is 0 Å². The molecular formula is C19H34N2O2. The molecule has 0 aliphatic heterocycles. The smallest absolute Gasteiger partial charge is 0.407 e. The Bertz CT molecular complexity index is 412. The minimum Gasteiger partial charge on any atom is -0.444 e. The van der Waals surface area contributed by atoms with Gasteiger partial charge < -0.3 is 15.4 Å². The van der Waals surface area contributed by atoms with E-state index in [2.05, 4.69) is 10.6 Å². The van der Waals surface area contributed by atoms with Gasteiger partial charge in [-0.2, -0.15) is 0 Å². The predicted octanol–water partition coefficient (Wildman–Crippen LogP) is 3.99. The van der Waals surface area contributed by atoms with Crippen molar-refractivity contribution in [1.29, 1.82) is 0 Å². The zero-order valence-electron chi connectivity index (χ0n) is 15.1. The van der Waals surface area contributed by atoms with Crippen LogP contribution in [0.15, 0.2) is 0 Å². The molecule has 0 aromatic heterocycles. The largest absolute Gasteiger partial charge is 0.444 e. The topological polar surface area (TPSA) is 50.4 Å². The molecule has 0 spiro atoms. The van der Waals surface area contributed by atoms with E-state index in [1.807, 2.05) is 20.8 Å². The maximum Gasteiger partial charge on any atom is 0.407 e. The summed E-state index contributed by atoms with van der Waals surface area (Å²) in [5, 5.41) is 6.83. The standard InChI is InChI=1S/C19H34N2O2/c1-19(2,3)23-18(22)21-17-11-16(12-17)20-15-9-8-13-6-4-5-7-14(13)10-15/h13-17,20H,4-12H2,1-3H3,(H,21,22). The van der Waals surface area contributed by atoms with Crippen molar-refractivity contribution in [3.8, 4) is 0 Å². The first kappa shape index (κ1) is 17.1. The summed E-state index contributed by atoms with van der Waals surface area (Å²) in [7, 11) is 0. The molecule has 0 heterocycles. The van der Waals surface area contributed by atoms with Crippen LogP contribution in [0.2, 0.25) is 0 Å². The van der Waals surface area contributed by atoms with E-state index in [1.165, 1.54) is 44.9 Å². The van der Waals surface area contributed by atoms with Gasteiger partial charge in [0.1, 0.15) is 5.60 Å². The Morgan fingerprint density at radius 3 is 2.26 bits per heavy atom. The maximum absolute atomic E-state index is 11.8. The Hall–Kier alpha value is -0.770. The molecule has 3 atom stereocenters. The van der Waals surface area contributed by atoms with Crippen molar-refractivity contribution >= 4 is 6.09 Å². The Kier molecular flexibility index (Phi) is 5.19. The van der Waals surface area contributed by atoms with Crippen LogP contribution in [0, 0.1) is 11.8 Å². The highest BCUT2D eigenvalue weighted by atomic mass is 16.6. The molecule has 3 aliphatic rings. The molecular weight excluding hydrogens is 288 g/mol. The molecule has 3 aliphatic carbocycles. The van der Waals surface area contributed by atoms with Crippen LogP contribution in [0.1, 0.15) is 78.6 Å². The summed E-state index contributed by atoms with van der Waals surface area (Å²) >= 11 is 0. The van der Waals surface area contributed by atoms with Gasteiger partial charge in [0.15, 0.2) is 0 Å². The van der Waals surface area contributed by atoms with Gasteiger partial charge in [0.05, 0.1) is 0 Å². The van der Waals surface area contributed by atoms with Gasteiger partial charge >= 0.3 is 6.09 Å². The lowest BCUT2D eigenvalue weighted by Crippen LogP contribution is -2.56. The third-order valence-electron chi connectivity index (χ3n) is 5.87. The second-order valence-corrected chi connectivity index (χ2v) is 8.99. The van der Waals surface area contributed by atoms with Crippen LogP contribution < -0.4 is 10.6 Å². The van der Waals surface area contributed by atoms with Crippen LogP contribution in [0.25, 0.3) is 0 Å². The Morgan fingerprint density at radius 2 is 1.57 bits per heavy atom. The summed E-state index contributed by atoms with van der Waals surface area (Å²) in [4.78, 5) is 11.8. The molecule has 3 unspecified atom stereocenters. The second kappa shape index (κ2) is 7.00. The average molecular weight is 322 g/mol. The van der Waals surface area contributed by atoms with Gasteiger partial charge in [0, 0.05) is 18.1 Å². The number of rotatable bonds is 3. The first-order valence-corrected chi connectivity index (χ1v) is 9.64. The number of ether oxygens (including phenoxy) is 1. The number of nitrogens with one attached hydrogen (secondary N) is 2. The molecule has 4 nitrogen and oxygen atoms in total. The van der Waals surface area contributed by atoms with Crippen molar-refractivity contribution in [1.82, 2.24) is 10.6 Å². The Morgan fingerprint density at radius 1 is 0.870 bits per heavy atom. The molecule has 0 aromatic rings. The lowest BCUT2D eigenvalue weighted by Gasteiger charge is -2.44. The molecule has 0 radical (unpaired) electrons. The van der Waals surface area contributed by atoms with Crippen molar-refractivity contribution in [2.45, 2.75) is 102 Å². The normalized spacial score (nSPS) is 37.4. The molecule has 4 heteroatoms. The minimum absolute atomic E-state index is 0.274. The number of carbonyl (C=O) groups is 1. The number of alkyl carbamates (subject to hydrolysis) is 1. The summed E-state index contributed by atoms with van der Waals surface area (Å²) in [6.45, 7) is 5.71. The lowest BCUT2D eigenvalue weighted by molar-refractivity contribution is 0.0456. The molecule has 23 heavy (non-hydrogen) atoms. The minimum atomic E-state index is -0.413. The Balaban J connectivity index is 1.33. The van der Waals surface area contributed by atoms with E-state index in [1.54, 1.807) is 0 Å². The van der Waals surface area contributed by atoms with E-state index in [4.69, 9.17) is 4.74 Å². The van der Waals surface area contributed by atoms with Gasteiger partial charge in [-0.15, -0.1) is 0 Å². The Labute approximate surface area is 141 Å². The summed E-state index contributed by atoms with van der Waals surface area (Å²) in [6, 6.07) is 1.58. The molecule has 3 saturated carbocycles. The number of fused-ring (bicyclic) bond motifs is 1. The first-order chi connectivity index (χ1) is 10.9. The molecule has 3 rings (SSSR count). The monoisotopic (exact) mass is 322 g/mol. The third kappa shape index (κ3) is 4.85. The van der Waals surface area contributed by atoms with E-state index in [0.29, 0.717) is 12.1 Å². The zero-order chi connectivity index (χ0) is 16.4. The van der Waals surface area contributed by atoms with E-state index >= 15 is 0 Å². The molecule has 3 fully saturated rings. The highest BCUT2D eigenvalue weighted by molar-refractivity contribution is 5.68. The van der Waals surface area contributed by atoms with E-state index in [9.17, 15) is 4.79 Å². The fourth-order valence-corrected chi connectivity index (χ4v) is 4.70. The summed E-state index contributed by atoms with van der Waals surface area (Å²) in [5.41, 5.74) is -0.413. The molecule has 0 saturated heterocycles. The molecule has 0 aromatic carbocycles. The highest BCUT2D eigenvalue weighted by Gasteiger charge is 2.36. The van der Waals surface area contributed by atoms with Gasteiger partial charge in [0.2, 0.25) is 0 Å². The van der Waals surface area contributed by atoms with Gasteiger partial charge in [-0.05, 0) is 64.7 Å². The molecule has 2 N–H and O–H groups in total. The van der Waals surface area contributed by atoms with Crippen LogP contribution in [0.4, 0.5) is 4.79 Å².